The Morgan fingerprint density at radius 3 is 2.77 bits per heavy atom. The van der Waals surface area contributed by atoms with Crippen molar-refractivity contribution in [3.05, 3.63) is 29.3 Å². The zero-order valence-electron chi connectivity index (χ0n) is 7.58. The molecule has 70 valence electrons. The van der Waals surface area contributed by atoms with Gasteiger partial charge in [0.2, 0.25) is 0 Å². The highest BCUT2D eigenvalue weighted by Gasteiger charge is 2.14. The van der Waals surface area contributed by atoms with Crippen molar-refractivity contribution in [3.63, 3.8) is 0 Å². The fourth-order valence-corrected chi connectivity index (χ4v) is 1.24. The fourth-order valence-electron chi connectivity index (χ4n) is 1.24. The number of aldehydes is 1. The van der Waals surface area contributed by atoms with E-state index in [1.54, 1.807) is 25.1 Å². The van der Waals surface area contributed by atoms with Gasteiger partial charge in [0.1, 0.15) is 5.75 Å². The van der Waals surface area contributed by atoms with Crippen molar-refractivity contribution in [3.8, 4) is 5.75 Å². The molecule has 0 N–H and O–H groups in total. The number of hydrogen-bond acceptors (Lipinski definition) is 2. The summed E-state index contributed by atoms with van der Waals surface area (Å²) in [6, 6.07) is 5.05. The average Bonchev–Trinajstić information content (AvgIpc) is 2.16. The van der Waals surface area contributed by atoms with E-state index in [2.05, 4.69) is 0 Å². The maximum absolute atomic E-state index is 13.0. The van der Waals surface area contributed by atoms with Gasteiger partial charge in [-0.1, -0.05) is 18.2 Å². The van der Waals surface area contributed by atoms with E-state index in [1.807, 2.05) is 0 Å². The maximum atomic E-state index is 13.0. The van der Waals surface area contributed by atoms with E-state index in [4.69, 9.17) is 4.74 Å². The van der Waals surface area contributed by atoms with Gasteiger partial charge >= 0.3 is 0 Å². The number of aryl methyl sites for hydroxylation is 1. The number of alkyl halides is 1. The number of halogens is 1. The molecule has 0 heterocycles. The summed E-state index contributed by atoms with van der Waals surface area (Å²) < 4.78 is 18.0. The summed E-state index contributed by atoms with van der Waals surface area (Å²) in [7, 11) is 1.46. The molecule has 13 heavy (non-hydrogen) atoms. The first-order valence-electron chi connectivity index (χ1n) is 3.93. The molecule has 1 unspecified atom stereocenters. The van der Waals surface area contributed by atoms with E-state index >= 15 is 0 Å². The summed E-state index contributed by atoms with van der Waals surface area (Å²) in [5.74, 6) is 0.446. The van der Waals surface area contributed by atoms with Gasteiger partial charge < -0.3 is 4.74 Å². The van der Waals surface area contributed by atoms with Crippen LogP contribution in [0.3, 0.4) is 0 Å². The van der Waals surface area contributed by atoms with Crippen molar-refractivity contribution >= 4 is 6.29 Å². The molecule has 0 aliphatic carbocycles. The highest BCUT2D eigenvalue weighted by atomic mass is 19.1. The number of methoxy groups -OCH3 is 1. The highest BCUT2D eigenvalue weighted by molar-refractivity contribution is 5.63. The van der Waals surface area contributed by atoms with Crippen LogP contribution >= 0.6 is 0 Å². The molecule has 1 aromatic rings. The summed E-state index contributed by atoms with van der Waals surface area (Å²) in [4.78, 5) is 10.3. The number of carbonyl (C=O) groups excluding carboxylic acids is 1. The zero-order valence-corrected chi connectivity index (χ0v) is 7.58. The first-order chi connectivity index (χ1) is 6.20. The highest BCUT2D eigenvalue weighted by Crippen LogP contribution is 2.29. The van der Waals surface area contributed by atoms with Crippen molar-refractivity contribution < 1.29 is 13.9 Å². The lowest BCUT2D eigenvalue weighted by Gasteiger charge is -2.10. The molecular formula is C10H11FO2. The van der Waals surface area contributed by atoms with E-state index < -0.39 is 6.17 Å². The van der Waals surface area contributed by atoms with Crippen LogP contribution in [-0.2, 0) is 4.79 Å². The SMILES string of the molecule is COc1c(C)cccc1C(F)C=O. The average molecular weight is 182 g/mol. The van der Waals surface area contributed by atoms with Crippen LogP contribution in [0.15, 0.2) is 18.2 Å². The molecule has 0 aliphatic rings. The second-order valence-electron chi connectivity index (χ2n) is 2.74. The van der Waals surface area contributed by atoms with Gasteiger partial charge in [-0.3, -0.25) is 4.79 Å². The molecule has 0 fully saturated rings. The van der Waals surface area contributed by atoms with Crippen LogP contribution in [0.1, 0.15) is 17.3 Å². The van der Waals surface area contributed by atoms with Gasteiger partial charge in [0.25, 0.3) is 0 Å². The Labute approximate surface area is 76.3 Å². The molecule has 1 atom stereocenters. The van der Waals surface area contributed by atoms with E-state index in [9.17, 15) is 9.18 Å². The second kappa shape index (κ2) is 4.03. The van der Waals surface area contributed by atoms with Crippen LogP contribution < -0.4 is 4.74 Å². The Hall–Kier alpha value is -1.38. The summed E-state index contributed by atoms with van der Waals surface area (Å²) >= 11 is 0. The van der Waals surface area contributed by atoms with Crippen LogP contribution in [-0.4, -0.2) is 13.4 Å². The van der Waals surface area contributed by atoms with Crippen LogP contribution in [0.2, 0.25) is 0 Å². The van der Waals surface area contributed by atoms with Crippen molar-refractivity contribution in [1.82, 2.24) is 0 Å². The molecule has 0 saturated carbocycles. The van der Waals surface area contributed by atoms with E-state index in [1.165, 1.54) is 7.11 Å². The summed E-state index contributed by atoms with van der Waals surface area (Å²) in [6.45, 7) is 1.81. The van der Waals surface area contributed by atoms with Crippen molar-refractivity contribution in [1.29, 1.82) is 0 Å². The number of hydrogen-bond donors (Lipinski definition) is 0. The van der Waals surface area contributed by atoms with Gasteiger partial charge in [0.15, 0.2) is 12.5 Å². The maximum Gasteiger partial charge on any atom is 0.184 e. The topological polar surface area (TPSA) is 26.3 Å². The predicted octanol–water partition coefficient (Wildman–Crippen LogP) is 2.21. The van der Waals surface area contributed by atoms with E-state index in [-0.39, 0.29) is 11.8 Å². The van der Waals surface area contributed by atoms with Gasteiger partial charge in [-0.15, -0.1) is 0 Å². The van der Waals surface area contributed by atoms with Crippen molar-refractivity contribution in [2.75, 3.05) is 7.11 Å². The molecule has 0 aliphatic heterocycles. The molecule has 0 amide bonds. The molecule has 0 aromatic heterocycles. The van der Waals surface area contributed by atoms with Crippen LogP contribution in [0, 0.1) is 6.92 Å². The third kappa shape index (κ3) is 1.86. The zero-order chi connectivity index (χ0) is 9.84. The predicted molar refractivity (Wildman–Crippen MR) is 47.6 cm³/mol. The Bertz CT molecular complexity index is 310. The standard InChI is InChI=1S/C10H11FO2/c1-7-4-3-5-8(9(11)6-12)10(7)13-2/h3-6,9H,1-2H3. The quantitative estimate of drug-likeness (QED) is 0.670. The lowest BCUT2D eigenvalue weighted by molar-refractivity contribution is -0.112. The normalized spacial score (nSPS) is 12.2. The number of para-hydroxylation sites is 1. The largest absolute Gasteiger partial charge is 0.496 e. The van der Waals surface area contributed by atoms with E-state index in [0.717, 1.165) is 5.56 Å². The summed E-state index contributed by atoms with van der Waals surface area (Å²) in [6.07, 6.45) is -1.34. The van der Waals surface area contributed by atoms with Gasteiger partial charge in [-0.05, 0) is 12.5 Å². The molecular weight excluding hydrogens is 171 g/mol. The summed E-state index contributed by atoms with van der Waals surface area (Å²) in [5.41, 5.74) is 1.11. The third-order valence-corrected chi connectivity index (χ3v) is 1.86. The van der Waals surface area contributed by atoms with Gasteiger partial charge in [0, 0.05) is 5.56 Å². The third-order valence-electron chi connectivity index (χ3n) is 1.86. The van der Waals surface area contributed by atoms with Crippen molar-refractivity contribution in [2.45, 2.75) is 13.1 Å². The minimum Gasteiger partial charge on any atom is -0.496 e. The number of carbonyl (C=O) groups is 1. The number of ether oxygens (including phenoxy) is 1. The first kappa shape index (κ1) is 9.71. The van der Waals surface area contributed by atoms with Crippen molar-refractivity contribution in [2.24, 2.45) is 0 Å². The van der Waals surface area contributed by atoms with Crippen LogP contribution in [0.25, 0.3) is 0 Å². The fraction of sp³-hybridized carbons (Fsp3) is 0.300. The lowest BCUT2D eigenvalue weighted by Crippen LogP contribution is -1.98. The minimum absolute atomic E-state index is 0.261. The lowest BCUT2D eigenvalue weighted by atomic mass is 10.1. The number of benzene rings is 1. The molecule has 0 spiro atoms. The molecule has 3 heteroatoms. The van der Waals surface area contributed by atoms with E-state index in [0.29, 0.717) is 5.75 Å². The van der Waals surface area contributed by atoms with Gasteiger partial charge in [0.05, 0.1) is 7.11 Å². The Morgan fingerprint density at radius 1 is 1.54 bits per heavy atom. The van der Waals surface area contributed by atoms with Crippen LogP contribution in [0.4, 0.5) is 4.39 Å². The number of rotatable bonds is 3. The molecule has 1 aromatic carbocycles. The van der Waals surface area contributed by atoms with Gasteiger partial charge in [-0.2, -0.15) is 0 Å². The smallest absolute Gasteiger partial charge is 0.184 e. The molecule has 0 saturated heterocycles. The Morgan fingerprint density at radius 2 is 2.23 bits per heavy atom. The molecule has 0 bridgehead atoms. The Kier molecular flexibility index (Phi) is 3.01. The molecule has 2 nitrogen and oxygen atoms in total. The first-order valence-corrected chi connectivity index (χ1v) is 3.93. The van der Waals surface area contributed by atoms with Crippen LogP contribution in [0.5, 0.6) is 5.75 Å². The monoisotopic (exact) mass is 182 g/mol. The second-order valence-corrected chi connectivity index (χ2v) is 2.74. The molecule has 0 radical (unpaired) electrons. The Balaban J connectivity index is 3.19. The summed E-state index contributed by atoms with van der Waals surface area (Å²) in [5, 5.41) is 0. The van der Waals surface area contributed by atoms with Gasteiger partial charge in [-0.25, -0.2) is 4.39 Å². The minimum atomic E-state index is -1.60. The molecule has 1 rings (SSSR count).